The van der Waals surface area contributed by atoms with Crippen molar-refractivity contribution in [3.63, 3.8) is 0 Å². The van der Waals surface area contributed by atoms with E-state index in [0.29, 0.717) is 47.3 Å². The Balaban J connectivity index is 1.91. The molecular formula is C25H27IN2O7. The first kappa shape index (κ1) is 26.3. The Morgan fingerprint density at radius 2 is 1.74 bits per heavy atom. The number of hydrogen-bond donors (Lipinski definition) is 1. The summed E-state index contributed by atoms with van der Waals surface area (Å²) in [7, 11) is 3.03. The van der Waals surface area contributed by atoms with Gasteiger partial charge in [-0.25, -0.2) is 4.79 Å². The van der Waals surface area contributed by atoms with Gasteiger partial charge in [0.15, 0.2) is 23.0 Å². The lowest BCUT2D eigenvalue weighted by Gasteiger charge is -2.26. The van der Waals surface area contributed by atoms with Crippen LogP contribution in [0.2, 0.25) is 0 Å². The van der Waals surface area contributed by atoms with Crippen LogP contribution < -0.4 is 24.3 Å². The molecule has 1 N–H and O–H groups in total. The molecule has 186 valence electrons. The molecule has 1 fully saturated rings. The number of hydrogen-bond acceptors (Lipinski definition) is 7. The summed E-state index contributed by atoms with van der Waals surface area (Å²) in [6, 6.07) is 7.84. The predicted octanol–water partition coefficient (Wildman–Crippen LogP) is 4.16. The number of nitrogens with one attached hydrogen (secondary N) is 1. The Morgan fingerprint density at radius 3 is 2.40 bits per heavy atom. The SMILES string of the molecule is CCCOc1ccc(CN2C(=O)NC(=O)/C(=C\c3cc(I)c(OC)c(OC)c3)C2=O)cc1OCC. The molecule has 0 spiro atoms. The minimum Gasteiger partial charge on any atom is -0.493 e. The molecule has 1 saturated heterocycles. The number of rotatable bonds is 10. The number of nitrogens with zero attached hydrogens (tertiary/aromatic N) is 1. The summed E-state index contributed by atoms with van der Waals surface area (Å²) in [5, 5.41) is 2.24. The van der Waals surface area contributed by atoms with Crippen LogP contribution in [-0.2, 0) is 16.1 Å². The highest BCUT2D eigenvalue weighted by molar-refractivity contribution is 14.1. The summed E-state index contributed by atoms with van der Waals surface area (Å²) < 4.78 is 22.8. The number of benzene rings is 2. The van der Waals surface area contributed by atoms with Crippen molar-refractivity contribution in [3.05, 3.63) is 50.6 Å². The van der Waals surface area contributed by atoms with Gasteiger partial charge in [0.1, 0.15) is 5.57 Å². The van der Waals surface area contributed by atoms with Gasteiger partial charge in [0.2, 0.25) is 0 Å². The molecule has 0 aliphatic carbocycles. The maximum atomic E-state index is 13.2. The number of imide groups is 2. The first-order chi connectivity index (χ1) is 16.8. The summed E-state index contributed by atoms with van der Waals surface area (Å²) in [4.78, 5) is 39.2. The van der Waals surface area contributed by atoms with Crippen LogP contribution in [-0.4, -0.2) is 50.2 Å². The second kappa shape index (κ2) is 11.9. The first-order valence-corrected chi connectivity index (χ1v) is 12.1. The molecular weight excluding hydrogens is 567 g/mol. The number of carbonyl (C=O) groups excluding carboxylic acids is 3. The molecule has 1 aliphatic rings. The molecule has 3 rings (SSSR count). The lowest BCUT2D eigenvalue weighted by molar-refractivity contribution is -0.130. The minimum atomic E-state index is -0.789. The number of amides is 4. The van der Waals surface area contributed by atoms with E-state index in [1.165, 1.54) is 20.3 Å². The third kappa shape index (κ3) is 6.05. The van der Waals surface area contributed by atoms with Crippen molar-refractivity contribution in [2.45, 2.75) is 26.8 Å². The second-order valence-corrected chi connectivity index (χ2v) is 8.67. The second-order valence-electron chi connectivity index (χ2n) is 7.51. The van der Waals surface area contributed by atoms with E-state index in [0.717, 1.165) is 14.9 Å². The highest BCUT2D eigenvalue weighted by Crippen LogP contribution is 2.34. The van der Waals surface area contributed by atoms with Gasteiger partial charge < -0.3 is 18.9 Å². The van der Waals surface area contributed by atoms with Crippen molar-refractivity contribution < 1.29 is 33.3 Å². The van der Waals surface area contributed by atoms with Gasteiger partial charge >= 0.3 is 6.03 Å². The summed E-state index contributed by atoms with van der Waals surface area (Å²) in [6.45, 7) is 4.78. The lowest BCUT2D eigenvalue weighted by Crippen LogP contribution is -2.53. The van der Waals surface area contributed by atoms with Gasteiger partial charge in [0, 0.05) is 0 Å². The monoisotopic (exact) mass is 594 g/mol. The number of halogens is 1. The zero-order valence-corrected chi connectivity index (χ0v) is 22.1. The van der Waals surface area contributed by atoms with Crippen LogP contribution in [0.1, 0.15) is 31.4 Å². The van der Waals surface area contributed by atoms with Crippen molar-refractivity contribution in [3.8, 4) is 23.0 Å². The van der Waals surface area contributed by atoms with Crippen molar-refractivity contribution in [2.24, 2.45) is 0 Å². The Kier molecular flexibility index (Phi) is 8.96. The molecule has 0 radical (unpaired) electrons. The van der Waals surface area contributed by atoms with Gasteiger partial charge in [-0.15, -0.1) is 0 Å². The fourth-order valence-corrected chi connectivity index (χ4v) is 4.30. The van der Waals surface area contributed by atoms with Crippen LogP contribution in [0.4, 0.5) is 4.79 Å². The molecule has 0 unspecified atom stereocenters. The molecule has 4 amide bonds. The van der Waals surface area contributed by atoms with E-state index in [1.807, 2.05) is 13.8 Å². The van der Waals surface area contributed by atoms with E-state index in [4.69, 9.17) is 18.9 Å². The molecule has 1 heterocycles. The lowest BCUT2D eigenvalue weighted by atomic mass is 10.1. The Morgan fingerprint density at radius 1 is 0.971 bits per heavy atom. The molecule has 0 saturated carbocycles. The highest BCUT2D eigenvalue weighted by atomic mass is 127. The Bertz CT molecular complexity index is 1160. The first-order valence-electron chi connectivity index (χ1n) is 11.0. The summed E-state index contributed by atoms with van der Waals surface area (Å²) >= 11 is 2.08. The molecule has 1 aliphatic heterocycles. The van der Waals surface area contributed by atoms with Gasteiger partial charge in [0.05, 0.1) is 37.5 Å². The van der Waals surface area contributed by atoms with Crippen molar-refractivity contribution in [2.75, 3.05) is 27.4 Å². The van der Waals surface area contributed by atoms with E-state index < -0.39 is 17.8 Å². The number of carbonyl (C=O) groups is 3. The number of barbiturate groups is 1. The third-order valence-electron chi connectivity index (χ3n) is 5.06. The molecule has 10 heteroatoms. The average molecular weight is 594 g/mol. The highest BCUT2D eigenvalue weighted by Gasteiger charge is 2.36. The molecule has 0 atom stereocenters. The van der Waals surface area contributed by atoms with Crippen LogP contribution in [0.3, 0.4) is 0 Å². The number of urea groups is 1. The van der Waals surface area contributed by atoms with E-state index >= 15 is 0 Å². The molecule has 0 bridgehead atoms. The fourth-order valence-electron chi connectivity index (χ4n) is 3.46. The molecule has 0 aromatic heterocycles. The van der Waals surface area contributed by atoms with E-state index in [1.54, 1.807) is 30.3 Å². The number of ether oxygens (including phenoxy) is 4. The molecule has 35 heavy (non-hydrogen) atoms. The van der Waals surface area contributed by atoms with Gasteiger partial charge in [0.25, 0.3) is 11.8 Å². The Hall–Kier alpha value is -3.28. The summed E-state index contributed by atoms with van der Waals surface area (Å²) in [5.41, 5.74) is 1.03. The molecule has 2 aromatic carbocycles. The maximum Gasteiger partial charge on any atom is 0.331 e. The summed E-state index contributed by atoms with van der Waals surface area (Å²) in [6.07, 6.45) is 2.27. The van der Waals surface area contributed by atoms with Gasteiger partial charge in [-0.2, -0.15) is 0 Å². The van der Waals surface area contributed by atoms with Crippen molar-refractivity contribution in [1.82, 2.24) is 10.2 Å². The molecule has 2 aromatic rings. The topological polar surface area (TPSA) is 103 Å². The van der Waals surface area contributed by atoms with Crippen molar-refractivity contribution in [1.29, 1.82) is 0 Å². The van der Waals surface area contributed by atoms with Gasteiger partial charge in [-0.1, -0.05) is 13.0 Å². The molecule has 9 nitrogen and oxygen atoms in total. The van der Waals surface area contributed by atoms with Crippen LogP contribution in [0.15, 0.2) is 35.9 Å². The van der Waals surface area contributed by atoms with E-state index in [-0.39, 0.29) is 12.1 Å². The van der Waals surface area contributed by atoms with E-state index in [9.17, 15) is 14.4 Å². The average Bonchev–Trinajstić information content (AvgIpc) is 2.83. The maximum absolute atomic E-state index is 13.2. The standard InChI is InChI=1S/C25H27IN2O7/c1-5-9-35-19-8-7-15(12-20(19)34-6-2)14-28-24(30)17(23(29)27-25(28)31)10-16-11-18(26)22(33-4)21(13-16)32-3/h7-8,10-13H,5-6,9,14H2,1-4H3,(H,27,29,31)/b17-10+. The normalized spacial score (nSPS) is 14.7. The van der Waals surface area contributed by atoms with Crippen LogP contribution in [0.25, 0.3) is 6.08 Å². The van der Waals surface area contributed by atoms with Crippen LogP contribution in [0.5, 0.6) is 23.0 Å². The predicted molar refractivity (Wildman–Crippen MR) is 138 cm³/mol. The smallest absolute Gasteiger partial charge is 0.331 e. The zero-order valence-electron chi connectivity index (χ0n) is 20.0. The van der Waals surface area contributed by atoms with Gasteiger partial charge in [-0.05, 0) is 77.4 Å². The third-order valence-corrected chi connectivity index (χ3v) is 5.86. The van der Waals surface area contributed by atoms with Gasteiger partial charge in [-0.3, -0.25) is 19.8 Å². The summed E-state index contributed by atoms with van der Waals surface area (Å²) in [5.74, 6) is 0.646. The van der Waals surface area contributed by atoms with E-state index in [2.05, 4.69) is 27.9 Å². The zero-order chi connectivity index (χ0) is 25.5. The quantitative estimate of drug-likeness (QED) is 0.251. The fraction of sp³-hybridized carbons (Fsp3) is 0.320. The van der Waals surface area contributed by atoms with Crippen LogP contribution >= 0.6 is 22.6 Å². The minimum absolute atomic E-state index is 0.0487. The van der Waals surface area contributed by atoms with Crippen molar-refractivity contribution >= 4 is 46.5 Å². The Labute approximate surface area is 217 Å². The largest absolute Gasteiger partial charge is 0.493 e. The number of methoxy groups -OCH3 is 2. The van der Waals surface area contributed by atoms with Crippen LogP contribution in [0, 0.1) is 3.57 Å².